The second-order valence-electron chi connectivity index (χ2n) is 7.37. The summed E-state index contributed by atoms with van der Waals surface area (Å²) in [6.07, 6.45) is 8.99. The second-order valence-corrected chi connectivity index (χ2v) is 7.37. The Kier molecular flexibility index (Phi) is 6.07. The van der Waals surface area contributed by atoms with Crippen molar-refractivity contribution in [3.63, 3.8) is 0 Å². The predicted molar refractivity (Wildman–Crippen MR) is 119 cm³/mol. The van der Waals surface area contributed by atoms with E-state index >= 15 is 0 Å². The summed E-state index contributed by atoms with van der Waals surface area (Å²) in [5.74, 6) is 0.947. The molecule has 4 aromatic carbocycles. The molecule has 0 bridgehead atoms. The maximum absolute atomic E-state index is 2.28. The van der Waals surface area contributed by atoms with Gasteiger partial charge in [-0.1, -0.05) is 72.8 Å². The van der Waals surface area contributed by atoms with Crippen molar-refractivity contribution in [3.8, 4) is 0 Å². The molecule has 0 spiro atoms. The van der Waals surface area contributed by atoms with Crippen LogP contribution in [0.5, 0.6) is 0 Å². The fourth-order valence-electron chi connectivity index (χ4n) is 4.27. The van der Waals surface area contributed by atoms with Crippen molar-refractivity contribution in [2.75, 3.05) is 0 Å². The number of hydrogen-bond acceptors (Lipinski definition) is 0. The molecule has 138 valence electrons. The van der Waals surface area contributed by atoms with Gasteiger partial charge in [0.25, 0.3) is 0 Å². The van der Waals surface area contributed by atoms with Crippen LogP contribution in [0.1, 0.15) is 45.2 Å². The molecule has 6 rings (SSSR count). The predicted octanol–water partition coefficient (Wildman–Crippen LogP) is 7.13. The SMILES string of the molecule is C1=CC(c2ccc[cH-]2)c2ccccc21.C1=CC(c2ccc[cH-]2)c2ccccc21.[Zr+2]. The van der Waals surface area contributed by atoms with Crippen molar-refractivity contribution in [2.45, 2.75) is 11.8 Å². The van der Waals surface area contributed by atoms with E-state index < -0.39 is 0 Å². The van der Waals surface area contributed by atoms with E-state index in [0.717, 1.165) is 0 Å². The number of rotatable bonds is 2. The topological polar surface area (TPSA) is 0 Å². The molecule has 2 atom stereocenters. The van der Waals surface area contributed by atoms with Gasteiger partial charge in [-0.25, -0.2) is 24.3 Å². The zero-order chi connectivity index (χ0) is 18.8. The Morgan fingerprint density at radius 2 is 0.966 bits per heavy atom. The van der Waals surface area contributed by atoms with Gasteiger partial charge >= 0.3 is 26.2 Å². The third kappa shape index (κ3) is 3.98. The molecule has 0 nitrogen and oxygen atoms in total. The molecule has 4 aromatic rings. The average molecular weight is 450 g/mol. The first kappa shape index (κ1) is 19.8. The molecule has 0 N–H and O–H groups in total. The monoisotopic (exact) mass is 448 g/mol. The van der Waals surface area contributed by atoms with Crippen LogP contribution in [-0.4, -0.2) is 0 Å². The summed E-state index contributed by atoms with van der Waals surface area (Å²) in [4.78, 5) is 0. The summed E-state index contributed by atoms with van der Waals surface area (Å²) in [5.41, 5.74) is 8.37. The van der Waals surface area contributed by atoms with Crippen molar-refractivity contribution in [1.29, 1.82) is 0 Å². The molecule has 2 aliphatic rings. The van der Waals surface area contributed by atoms with Crippen molar-refractivity contribution >= 4 is 12.2 Å². The van der Waals surface area contributed by atoms with Crippen molar-refractivity contribution in [2.24, 2.45) is 0 Å². The minimum absolute atomic E-state index is 0. The van der Waals surface area contributed by atoms with Crippen LogP contribution in [0.4, 0.5) is 0 Å². The maximum Gasteiger partial charge on any atom is 2.00 e. The standard InChI is InChI=1S/2C14H11.Zr/c2*1-2-6-11(5-1)14-10-9-12-7-3-4-8-13(12)14;/h2*1-10,14H;/q2*-1;+2. The first-order chi connectivity index (χ1) is 13.9. The van der Waals surface area contributed by atoms with Crippen LogP contribution in [-0.2, 0) is 26.2 Å². The van der Waals surface area contributed by atoms with Gasteiger partial charge in [0, 0.05) is 11.8 Å². The molecular weight excluding hydrogens is 428 g/mol. The molecule has 0 saturated carbocycles. The van der Waals surface area contributed by atoms with Crippen LogP contribution in [0, 0.1) is 0 Å². The molecule has 29 heavy (non-hydrogen) atoms. The zero-order valence-corrected chi connectivity index (χ0v) is 18.7. The molecule has 0 fully saturated rings. The molecule has 0 saturated heterocycles. The van der Waals surface area contributed by atoms with Gasteiger partial charge in [-0.2, -0.15) is 35.4 Å². The largest absolute Gasteiger partial charge is 2.00 e. The molecular formula is C28H22Zr. The van der Waals surface area contributed by atoms with Gasteiger partial charge in [0.05, 0.1) is 0 Å². The van der Waals surface area contributed by atoms with E-state index in [0.29, 0.717) is 11.8 Å². The first-order valence-electron chi connectivity index (χ1n) is 9.87. The number of allylic oxidation sites excluding steroid dienone is 2. The van der Waals surface area contributed by atoms with E-state index in [1.54, 1.807) is 0 Å². The molecule has 1 heteroatoms. The Bertz CT molecular complexity index is 1020. The van der Waals surface area contributed by atoms with E-state index in [1.807, 2.05) is 0 Å². The third-order valence-electron chi connectivity index (χ3n) is 5.69. The van der Waals surface area contributed by atoms with Crippen LogP contribution in [0.25, 0.3) is 12.2 Å². The van der Waals surface area contributed by atoms with Gasteiger partial charge in [0.2, 0.25) is 0 Å². The smallest absolute Gasteiger partial charge is 0.213 e. The summed E-state index contributed by atoms with van der Waals surface area (Å²) in [7, 11) is 0. The number of benzene rings is 2. The molecule has 0 amide bonds. The van der Waals surface area contributed by atoms with E-state index in [-0.39, 0.29) is 26.2 Å². The van der Waals surface area contributed by atoms with Gasteiger partial charge in [0.1, 0.15) is 0 Å². The Balaban J connectivity index is 0.000000137. The molecule has 2 aliphatic carbocycles. The average Bonchev–Trinajstić information content (AvgIpc) is 3.54. The second kappa shape index (κ2) is 8.89. The summed E-state index contributed by atoms with van der Waals surface area (Å²) in [6, 6.07) is 34.4. The van der Waals surface area contributed by atoms with Crippen LogP contribution in [0.3, 0.4) is 0 Å². The molecule has 2 unspecified atom stereocenters. The third-order valence-corrected chi connectivity index (χ3v) is 5.69. The van der Waals surface area contributed by atoms with Crippen LogP contribution >= 0.6 is 0 Å². The Labute approximate surface area is 192 Å². The molecule has 0 aliphatic heterocycles. The Hall–Kier alpha value is -2.50. The summed E-state index contributed by atoms with van der Waals surface area (Å²) in [5, 5.41) is 0. The van der Waals surface area contributed by atoms with Crippen LogP contribution in [0.2, 0.25) is 0 Å². The summed E-state index contributed by atoms with van der Waals surface area (Å²) in [6.45, 7) is 0. The fraction of sp³-hybridized carbons (Fsp3) is 0.0714. The fourth-order valence-corrected chi connectivity index (χ4v) is 4.27. The quantitative estimate of drug-likeness (QED) is 0.286. The van der Waals surface area contributed by atoms with E-state index in [4.69, 9.17) is 0 Å². The molecule has 0 heterocycles. The van der Waals surface area contributed by atoms with Crippen molar-refractivity contribution < 1.29 is 26.2 Å². The van der Waals surface area contributed by atoms with Gasteiger partial charge in [0.15, 0.2) is 0 Å². The van der Waals surface area contributed by atoms with Gasteiger partial charge in [-0.15, -0.1) is 0 Å². The van der Waals surface area contributed by atoms with E-state index in [1.165, 1.54) is 33.4 Å². The van der Waals surface area contributed by atoms with Crippen molar-refractivity contribution in [3.05, 3.63) is 143 Å². The van der Waals surface area contributed by atoms with Crippen molar-refractivity contribution in [1.82, 2.24) is 0 Å². The zero-order valence-electron chi connectivity index (χ0n) is 16.2. The normalized spacial score (nSPS) is 17.8. The minimum Gasteiger partial charge on any atom is -0.213 e. The van der Waals surface area contributed by atoms with E-state index in [2.05, 4.69) is 121 Å². The number of fused-ring (bicyclic) bond motifs is 2. The Morgan fingerprint density at radius 1 is 0.517 bits per heavy atom. The van der Waals surface area contributed by atoms with Gasteiger partial charge < -0.3 is 0 Å². The Morgan fingerprint density at radius 3 is 1.38 bits per heavy atom. The van der Waals surface area contributed by atoms with E-state index in [9.17, 15) is 0 Å². The molecule has 0 aromatic heterocycles. The van der Waals surface area contributed by atoms with Crippen LogP contribution in [0.15, 0.2) is 109 Å². The number of hydrogen-bond donors (Lipinski definition) is 0. The maximum atomic E-state index is 2.28. The summed E-state index contributed by atoms with van der Waals surface area (Å²) < 4.78 is 0. The summed E-state index contributed by atoms with van der Waals surface area (Å²) >= 11 is 0. The minimum atomic E-state index is 0. The van der Waals surface area contributed by atoms with Gasteiger partial charge in [-0.3, -0.25) is 0 Å². The first-order valence-corrected chi connectivity index (χ1v) is 9.87. The van der Waals surface area contributed by atoms with Crippen LogP contribution < -0.4 is 0 Å². The van der Waals surface area contributed by atoms with Gasteiger partial charge in [-0.05, 0) is 22.3 Å². The molecule has 0 radical (unpaired) electrons.